The van der Waals surface area contributed by atoms with Crippen LogP contribution in [0.1, 0.15) is 25.0 Å². The summed E-state index contributed by atoms with van der Waals surface area (Å²) in [4.78, 5) is 0. The van der Waals surface area contributed by atoms with Crippen molar-refractivity contribution in [2.45, 2.75) is 19.3 Å². The maximum atomic E-state index is 2.57. The highest BCUT2D eigenvalue weighted by Crippen LogP contribution is 2.52. The summed E-state index contributed by atoms with van der Waals surface area (Å²) in [6.07, 6.45) is 0. The van der Waals surface area contributed by atoms with E-state index < -0.39 is 8.07 Å². The van der Waals surface area contributed by atoms with Crippen molar-refractivity contribution in [2.24, 2.45) is 0 Å². The largest absolute Gasteiger partial charge is 0.309 e. The van der Waals surface area contributed by atoms with Crippen LogP contribution < -0.4 is 20.7 Å². The zero-order valence-corrected chi connectivity index (χ0v) is 34.7. The van der Waals surface area contributed by atoms with Crippen LogP contribution in [-0.4, -0.2) is 17.2 Å². The summed E-state index contributed by atoms with van der Waals surface area (Å²) in [5, 5.41) is 10.5. The number of aromatic nitrogens is 2. The molecule has 2 heterocycles. The Morgan fingerprint density at radius 2 is 0.800 bits per heavy atom. The highest BCUT2D eigenvalue weighted by Gasteiger charge is 2.43. The normalized spacial score (nSPS) is 13.3. The topological polar surface area (TPSA) is 9.86 Å². The van der Waals surface area contributed by atoms with E-state index >= 15 is 0 Å². The summed E-state index contributed by atoms with van der Waals surface area (Å²) in [5.41, 5.74) is 12.6. The van der Waals surface area contributed by atoms with E-state index in [9.17, 15) is 0 Å². The maximum absolute atomic E-state index is 2.98. The van der Waals surface area contributed by atoms with Crippen molar-refractivity contribution in [2.75, 3.05) is 0 Å². The van der Waals surface area contributed by atoms with Crippen molar-refractivity contribution in [1.29, 1.82) is 0 Å². The molecule has 0 N–H and O–H groups in total. The van der Waals surface area contributed by atoms with Gasteiger partial charge in [0.05, 0.1) is 22.1 Å². The van der Waals surface area contributed by atoms with Crippen LogP contribution in [0.3, 0.4) is 0 Å². The van der Waals surface area contributed by atoms with Gasteiger partial charge >= 0.3 is 0 Å². The van der Waals surface area contributed by atoms with Crippen LogP contribution in [0, 0.1) is 0 Å². The molecular formula is C57H42N2Si. The van der Waals surface area contributed by atoms with Gasteiger partial charge in [-0.1, -0.05) is 190 Å². The molecular weight excluding hydrogens is 741 g/mol. The minimum atomic E-state index is -2.98. The van der Waals surface area contributed by atoms with Crippen LogP contribution in [0.2, 0.25) is 0 Å². The first kappa shape index (κ1) is 34.8. The second kappa shape index (κ2) is 13.2. The fraction of sp³-hybridized carbons (Fsp3) is 0.0526. The Balaban J connectivity index is 1.16. The molecule has 0 radical (unpaired) electrons. The fourth-order valence-corrected chi connectivity index (χ4v) is 15.7. The molecule has 60 heavy (non-hydrogen) atoms. The second-order valence-corrected chi connectivity index (χ2v) is 20.7. The van der Waals surface area contributed by atoms with Crippen molar-refractivity contribution in [3.63, 3.8) is 0 Å². The zero-order chi connectivity index (χ0) is 40.0. The van der Waals surface area contributed by atoms with Crippen LogP contribution >= 0.6 is 0 Å². The van der Waals surface area contributed by atoms with Crippen molar-refractivity contribution >= 4 is 72.4 Å². The molecule has 284 valence electrons. The second-order valence-electron chi connectivity index (χ2n) is 16.9. The molecule has 2 nitrogen and oxygen atoms in total. The molecule has 9 aromatic carbocycles. The zero-order valence-electron chi connectivity index (χ0n) is 33.7. The van der Waals surface area contributed by atoms with Crippen molar-refractivity contribution in [1.82, 2.24) is 9.13 Å². The molecule has 0 bridgehead atoms. The third-order valence-electron chi connectivity index (χ3n) is 13.4. The number of hydrogen-bond donors (Lipinski definition) is 0. The predicted octanol–water partition coefficient (Wildman–Crippen LogP) is 11.6. The van der Waals surface area contributed by atoms with Gasteiger partial charge in [-0.05, 0) is 85.5 Å². The molecule has 1 aliphatic rings. The van der Waals surface area contributed by atoms with E-state index in [1.54, 1.807) is 0 Å². The minimum Gasteiger partial charge on any atom is -0.309 e. The van der Waals surface area contributed by atoms with E-state index in [4.69, 9.17) is 0 Å². The van der Waals surface area contributed by atoms with Crippen molar-refractivity contribution in [3.05, 3.63) is 230 Å². The fourth-order valence-electron chi connectivity index (χ4n) is 10.9. The van der Waals surface area contributed by atoms with Gasteiger partial charge in [-0.15, -0.1) is 0 Å². The van der Waals surface area contributed by atoms with Gasteiger partial charge in [0, 0.05) is 38.3 Å². The lowest BCUT2D eigenvalue weighted by atomic mass is 9.81. The number of hydrogen-bond acceptors (Lipinski definition) is 0. The summed E-state index contributed by atoms with van der Waals surface area (Å²) in [6, 6.07) is 82.0. The van der Waals surface area contributed by atoms with Gasteiger partial charge in [0.2, 0.25) is 0 Å². The lowest BCUT2D eigenvalue weighted by Gasteiger charge is -2.35. The Morgan fingerprint density at radius 1 is 0.350 bits per heavy atom. The highest BCUT2D eigenvalue weighted by molar-refractivity contribution is 7.20. The SMILES string of the molecule is CC1(C)c2ccccc2-c2ccc3c4ccccc4n(-c4cccc([Si](c5ccccc5)(c5ccccc5)c5cccc(-n6c7ccccc7c7ccccc76)c5)c4)c3c21. The quantitative estimate of drug-likeness (QED) is 0.117. The molecule has 0 unspecified atom stereocenters. The molecule has 0 saturated carbocycles. The summed E-state index contributed by atoms with van der Waals surface area (Å²) in [7, 11) is -2.98. The molecule has 3 heteroatoms. The van der Waals surface area contributed by atoms with E-state index in [-0.39, 0.29) is 5.41 Å². The van der Waals surface area contributed by atoms with E-state index in [0.29, 0.717) is 0 Å². The first-order valence-electron chi connectivity index (χ1n) is 21.0. The molecule has 1 aliphatic carbocycles. The van der Waals surface area contributed by atoms with Crippen molar-refractivity contribution < 1.29 is 0 Å². The summed E-state index contributed by atoms with van der Waals surface area (Å²) >= 11 is 0. The Labute approximate surface area is 351 Å². The smallest absolute Gasteiger partial charge is 0.179 e. The molecule has 0 atom stereocenters. The molecule has 2 aromatic heterocycles. The highest BCUT2D eigenvalue weighted by atomic mass is 28.3. The minimum absolute atomic E-state index is 0.172. The standard InChI is InChI=1S/C57H42N2Si/c1-57(2)51-31-13-9-27-45(51)49-35-36-50-48-30-12-16-34-54(48)59(56(50)55(49)57)40-20-18-26-44(38-40)60(41-21-5-3-6-22-41,42-23-7-4-8-24-42)43-25-17-19-39(37-43)58-52-32-14-10-28-46(52)47-29-11-15-33-53(47)58/h3-38H,1-2H3. The Bertz CT molecular complexity index is 3370. The summed E-state index contributed by atoms with van der Waals surface area (Å²) in [5.74, 6) is 0. The van der Waals surface area contributed by atoms with Gasteiger partial charge in [0.1, 0.15) is 0 Å². The molecule has 0 aliphatic heterocycles. The van der Waals surface area contributed by atoms with Crippen LogP contribution in [0.25, 0.3) is 66.1 Å². The lowest BCUT2D eigenvalue weighted by Crippen LogP contribution is -2.74. The van der Waals surface area contributed by atoms with Gasteiger partial charge in [0.25, 0.3) is 0 Å². The summed E-state index contributed by atoms with van der Waals surface area (Å²) < 4.78 is 5.03. The van der Waals surface area contributed by atoms with E-state index in [0.717, 1.165) is 0 Å². The van der Waals surface area contributed by atoms with Gasteiger partial charge in [-0.3, -0.25) is 0 Å². The predicted molar refractivity (Wildman–Crippen MR) is 256 cm³/mol. The molecule has 0 fully saturated rings. The maximum Gasteiger partial charge on any atom is 0.179 e. The molecule has 0 saturated heterocycles. The number of nitrogens with zero attached hydrogens (tertiary/aromatic N) is 2. The van der Waals surface area contributed by atoms with E-state index in [1.165, 1.54) is 98.0 Å². The summed E-state index contributed by atoms with van der Waals surface area (Å²) in [6.45, 7) is 4.81. The third kappa shape index (κ3) is 4.81. The third-order valence-corrected chi connectivity index (χ3v) is 18.2. The Morgan fingerprint density at radius 3 is 1.38 bits per heavy atom. The molecule has 0 spiro atoms. The monoisotopic (exact) mass is 782 g/mol. The van der Waals surface area contributed by atoms with E-state index in [2.05, 4.69) is 241 Å². The number of para-hydroxylation sites is 3. The average molecular weight is 783 g/mol. The Kier molecular flexibility index (Phi) is 7.63. The van der Waals surface area contributed by atoms with Crippen LogP contribution in [0.5, 0.6) is 0 Å². The first-order chi connectivity index (χ1) is 29.5. The van der Waals surface area contributed by atoms with Crippen LogP contribution in [0.4, 0.5) is 0 Å². The van der Waals surface area contributed by atoms with Crippen LogP contribution in [0.15, 0.2) is 218 Å². The number of benzene rings is 9. The average Bonchev–Trinajstić information content (AvgIpc) is 3.91. The first-order valence-corrected chi connectivity index (χ1v) is 23.0. The van der Waals surface area contributed by atoms with Crippen LogP contribution in [-0.2, 0) is 5.41 Å². The number of rotatable bonds is 6. The van der Waals surface area contributed by atoms with Gasteiger partial charge in [0.15, 0.2) is 8.07 Å². The molecule has 12 rings (SSSR count). The van der Waals surface area contributed by atoms with Gasteiger partial charge in [-0.2, -0.15) is 0 Å². The lowest BCUT2D eigenvalue weighted by molar-refractivity contribution is 0.664. The number of fused-ring (bicyclic) bond motifs is 10. The molecule has 11 aromatic rings. The molecule has 0 amide bonds. The Hall–Kier alpha value is -7.20. The van der Waals surface area contributed by atoms with Gasteiger partial charge < -0.3 is 9.13 Å². The van der Waals surface area contributed by atoms with Crippen molar-refractivity contribution in [3.8, 4) is 22.5 Å². The van der Waals surface area contributed by atoms with Gasteiger partial charge in [-0.25, -0.2) is 0 Å². The van der Waals surface area contributed by atoms with E-state index in [1.807, 2.05) is 0 Å².